The number of hydrogen-bond acceptors (Lipinski definition) is 9. The maximum atomic E-state index is 11.4. The number of methoxy groups -OCH3 is 1. The number of oxime groups is 1. The van der Waals surface area contributed by atoms with Gasteiger partial charge in [0, 0.05) is 0 Å². The standard InChI is InChI=1S/C21H16N4O5/c1-14(21(26)27-2)25-30-18-10-6-5-9-17(18)29-20-11-19(23-13-24-20)28-16-8-4-3-7-15(16)12-22/h3-11,13H,1-2H3/b25-14-. The Labute approximate surface area is 172 Å². The van der Waals surface area contributed by atoms with Gasteiger partial charge in [-0.05, 0) is 31.2 Å². The van der Waals surface area contributed by atoms with Gasteiger partial charge in [-0.25, -0.2) is 14.8 Å². The van der Waals surface area contributed by atoms with Crippen LogP contribution in [0.5, 0.6) is 29.0 Å². The first-order chi connectivity index (χ1) is 14.6. The number of nitrogens with zero attached hydrogens (tertiary/aromatic N) is 4. The van der Waals surface area contributed by atoms with E-state index in [1.807, 2.05) is 0 Å². The number of ether oxygens (including phenoxy) is 3. The molecule has 0 spiro atoms. The molecule has 0 N–H and O–H groups in total. The summed E-state index contributed by atoms with van der Waals surface area (Å²) < 4.78 is 16.0. The molecule has 0 radical (unpaired) electrons. The van der Waals surface area contributed by atoms with Gasteiger partial charge in [-0.1, -0.05) is 29.4 Å². The van der Waals surface area contributed by atoms with E-state index in [2.05, 4.69) is 25.9 Å². The monoisotopic (exact) mass is 404 g/mol. The van der Waals surface area contributed by atoms with Gasteiger partial charge in [0.1, 0.15) is 18.1 Å². The lowest BCUT2D eigenvalue weighted by Gasteiger charge is -2.10. The minimum Gasteiger partial charge on any atom is -0.464 e. The zero-order valence-corrected chi connectivity index (χ0v) is 16.1. The van der Waals surface area contributed by atoms with Gasteiger partial charge in [-0.3, -0.25) is 0 Å². The number of carbonyl (C=O) groups excluding carboxylic acids is 1. The molecule has 3 aromatic rings. The van der Waals surface area contributed by atoms with Crippen molar-refractivity contribution in [3.8, 4) is 35.1 Å². The molecule has 1 aromatic heterocycles. The first-order valence-electron chi connectivity index (χ1n) is 8.66. The first-order valence-corrected chi connectivity index (χ1v) is 8.66. The van der Waals surface area contributed by atoms with E-state index in [-0.39, 0.29) is 23.2 Å². The van der Waals surface area contributed by atoms with Crippen molar-refractivity contribution >= 4 is 11.7 Å². The van der Waals surface area contributed by atoms with Gasteiger partial charge in [-0.15, -0.1) is 0 Å². The number of nitriles is 1. The highest BCUT2D eigenvalue weighted by atomic mass is 16.6. The van der Waals surface area contributed by atoms with Crippen molar-refractivity contribution in [1.29, 1.82) is 5.26 Å². The quantitative estimate of drug-likeness (QED) is 0.331. The highest BCUT2D eigenvalue weighted by Gasteiger charge is 2.11. The van der Waals surface area contributed by atoms with E-state index < -0.39 is 5.97 Å². The van der Waals surface area contributed by atoms with Crippen molar-refractivity contribution in [2.24, 2.45) is 5.16 Å². The van der Waals surface area contributed by atoms with E-state index in [0.29, 0.717) is 17.1 Å². The zero-order valence-electron chi connectivity index (χ0n) is 16.1. The topological polar surface area (TPSA) is 116 Å². The van der Waals surface area contributed by atoms with Crippen LogP contribution >= 0.6 is 0 Å². The predicted molar refractivity (Wildman–Crippen MR) is 106 cm³/mol. The molecule has 0 amide bonds. The summed E-state index contributed by atoms with van der Waals surface area (Å²) in [6.45, 7) is 1.46. The van der Waals surface area contributed by atoms with Crippen LogP contribution in [0.4, 0.5) is 0 Å². The van der Waals surface area contributed by atoms with Crippen molar-refractivity contribution in [3.63, 3.8) is 0 Å². The molecule has 0 bridgehead atoms. The number of aromatic nitrogens is 2. The molecule has 9 heteroatoms. The second-order valence-corrected chi connectivity index (χ2v) is 5.71. The number of carbonyl (C=O) groups is 1. The molecule has 30 heavy (non-hydrogen) atoms. The van der Waals surface area contributed by atoms with Gasteiger partial charge in [0.2, 0.25) is 11.8 Å². The first kappa shape index (κ1) is 20.3. The Morgan fingerprint density at radius 3 is 2.23 bits per heavy atom. The van der Waals surface area contributed by atoms with Crippen molar-refractivity contribution in [2.75, 3.05) is 7.11 Å². The van der Waals surface area contributed by atoms with Gasteiger partial charge in [0.15, 0.2) is 17.2 Å². The summed E-state index contributed by atoms with van der Waals surface area (Å²) in [6, 6.07) is 17.0. The molecule has 0 aliphatic carbocycles. The number of hydrogen-bond donors (Lipinski definition) is 0. The summed E-state index contributed by atoms with van der Waals surface area (Å²) in [6.07, 6.45) is 1.27. The van der Waals surface area contributed by atoms with Crippen LogP contribution in [0.3, 0.4) is 0 Å². The summed E-state index contributed by atoms with van der Waals surface area (Å²) >= 11 is 0. The third-order valence-corrected chi connectivity index (χ3v) is 3.66. The van der Waals surface area contributed by atoms with Crippen LogP contribution < -0.4 is 14.3 Å². The predicted octanol–water partition coefficient (Wildman–Crippen LogP) is 3.86. The maximum Gasteiger partial charge on any atom is 0.355 e. The van der Waals surface area contributed by atoms with Crippen LogP contribution in [0.25, 0.3) is 0 Å². The zero-order chi connectivity index (χ0) is 21.3. The van der Waals surface area contributed by atoms with Crippen molar-refractivity contribution in [2.45, 2.75) is 6.92 Å². The fourth-order valence-corrected chi connectivity index (χ4v) is 2.22. The Kier molecular flexibility index (Phi) is 6.53. The van der Waals surface area contributed by atoms with Crippen LogP contribution in [0.2, 0.25) is 0 Å². The molecule has 1 heterocycles. The molecule has 0 atom stereocenters. The summed E-state index contributed by atoms with van der Waals surface area (Å²) in [5.41, 5.74) is 0.414. The summed E-state index contributed by atoms with van der Waals surface area (Å²) in [5, 5.41) is 12.9. The van der Waals surface area contributed by atoms with Crippen LogP contribution in [0, 0.1) is 11.3 Å². The molecule has 2 aromatic carbocycles. The van der Waals surface area contributed by atoms with Gasteiger partial charge in [0.05, 0.1) is 18.7 Å². The summed E-state index contributed by atoms with van der Waals surface area (Å²) in [5.74, 6) is 0.696. The van der Waals surface area contributed by atoms with Gasteiger partial charge < -0.3 is 19.0 Å². The number of esters is 1. The van der Waals surface area contributed by atoms with E-state index in [0.717, 1.165) is 0 Å². The van der Waals surface area contributed by atoms with Crippen molar-refractivity contribution in [1.82, 2.24) is 9.97 Å². The number of benzene rings is 2. The largest absolute Gasteiger partial charge is 0.464 e. The van der Waals surface area contributed by atoms with Gasteiger partial charge >= 0.3 is 5.97 Å². The van der Waals surface area contributed by atoms with Crippen molar-refractivity contribution in [3.05, 3.63) is 66.5 Å². The fraction of sp³-hybridized carbons (Fsp3) is 0.0952. The lowest BCUT2D eigenvalue weighted by Crippen LogP contribution is -2.12. The molecule has 0 fully saturated rings. The number of rotatable bonds is 7. The van der Waals surface area contributed by atoms with Crippen LogP contribution in [0.15, 0.2) is 66.1 Å². The Hall–Kier alpha value is -4.45. The lowest BCUT2D eigenvalue weighted by atomic mass is 10.2. The van der Waals surface area contributed by atoms with Crippen LogP contribution in [0.1, 0.15) is 12.5 Å². The maximum absolute atomic E-state index is 11.4. The van der Waals surface area contributed by atoms with E-state index in [4.69, 9.17) is 14.3 Å². The molecule has 0 saturated heterocycles. The Balaban J connectivity index is 1.79. The Morgan fingerprint density at radius 2 is 1.57 bits per heavy atom. The highest BCUT2D eigenvalue weighted by Crippen LogP contribution is 2.32. The molecule has 0 unspecified atom stereocenters. The van der Waals surface area contributed by atoms with Gasteiger partial charge in [0.25, 0.3) is 0 Å². The summed E-state index contributed by atoms with van der Waals surface area (Å²) in [4.78, 5) is 24.8. The minimum absolute atomic E-state index is 0.0428. The van der Waals surface area contributed by atoms with Gasteiger partial charge in [-0.2, -0.15) is 5.26 Å². The third-order valence-electron chi connectivity index (χ3n) is 3.66. The molecule has 0 aliphatic rings. The second kappa shape index (κ2) is 9.66. The molecule has 3 rings (SSSR count). The lowest BCUT2D eigenvalue weighted by molar-refractivity contribution is -0.132. The Bertz CT molecular complexity index is 1120. The third kappa shape index (κ3) is 5.08. The molecular weight excluding hydrogens is 388 g/mol. The van der Waals surface area contributed by atoms with E-state index >= 15 is 0 Å². The van der Waals surface area contributed by atoms with Crippen LogP contribution in [-0.2, 0) is 9.53 Å². The average Bonchev–Trinajstić information content (AvgIpc) is 2.78. The molecule has 150 valence electrons. The van der Waals surface area contributed by atoms with E-state index in [1.165, 1.54) is 26.4 Å². The Morgan fingerprint density at radius 1 is 0.967 bits per heavy atom. The normalized spacial score (nSPS) is 10.6. The molecule has 0 saturated carbocycles. The van der Waals surface area contributed by atoms with E-state index in [1.54, 1.807) is 48.5 Å². The average molecular weight is 404 g/mol. The van der Waals surface area contributed by atoms with Crippen molar-refractivity contribution < 1.29 is 23.8 Å². The molecule has 0 aliphatic heterocycles. The second-order valence-electron chi connectivity index (χ2n) is 5.71. The SMILES string of the molecule is COC(=O)/C(C)=N\Oc1ccccc1Oc1cc(Oc2ccccc2C#N)ncn1. The highest BCUT2D eigenvalue weighted by molar-refractivity contribution is 6.35. The van der Waals surface area contributed by atoms with E-state index in [9.17, 15) is 10.1 Å². The van der Waals surface area contributed by atoms with Crippen LogP contribution in [-0.4, -0.2) is 28.8 Å². The fourth-order valence-electron chi connectivity index (χ4n) is 2.22. The minimum atomic E-state index is -0.608. The number of para-hydroxylation sites is 3. The molecular formula is C21H16N4O5. The molecule has 9 nitrogen and oxygen atoms in total. The summed E-state index contributed by atoms with van der Waals surface area (Å²) in [7, 11) is 1.25. The smallest absolute Gasteiger partial charge is 0.355 e.